The topological polar surface area (TPSA) is 211 Å². The fourth-order valence-electron chi connectivity index (χ4n) is 3.51. The second kappa shape index (κ2) is 8.42. The molecule has 0 bridgehead atoms. The van der Waals surface area contributed by atoms with E-state index in [9.17, 15) is 45.6 Å². The molecule has 12 heteroatoms. The molecule has 12 nitrogen and oxygen atoms in total. The number of hydrogen-bond acceptors (Lipinski definition) is 12. The van der Waals surface area contributed by atoms with Crippen molar-refractivity contribution in [1.82, 2.24) is 0 Å². The van der Waals surface area contributed by atoms with Crippen LogP contribution in [-0.2, 0) is 4.74 Å². The smallest absolute Gasteiger partial charge is 0.239 e. The van der Waals surface area contributed by atoms with E-state index in [0.717, 1.165) is 24.3 Å². The second-order valence-corrected chi connectivity index (χ2v) is 7.45. The van der Waals surface area contributed by atoms with Crippen molar-refractivity contribution in [2.24, 2.45) is 0 Å². The minimum Gasteiger partial charge on any atom is -0.508 e. The average Bonchev–Trinajstić information content (AvgIpc) is 2.76. The zero-order valence-electron chi connectivity index (χ0n) is 16.7. The van der Waals surface area contributed by atoms with Gasteiger partial charge in [0.15, 0.2) is 17.3 Å². The molecule has 5 atom stereocenters. The highest BCUT2D eigenvalue weighted by molar-refractivity contribution is 5.88. The maximum atomic E-state index is 13.2. The van der Waals surface area contributed by atoms with Crippen LogP contribution in [0.4, 0.5) is 0 Å². The van der Waals surface area contributed by atoms with Crippen LogP contribution in [0.5, 0.6) is 28.7 Å². The lowest BCUT2D eigenvalue weighted by molar-refractivity contribution is -0.277. The number of aliphatic hydroxyl groups excluding tert-OH is 4. The van der Waals surface area contributed by atoms with E-state index in [-0.39, 0.29) is 22.3 Å². The summed E-state index contributed by atoms with van der Waals surface area (Å²) >= 11 is 0. The maximum absolute atomic E-state index is 13.2. The molecule has 1 saturated heterocycles. The summed E-state index contributed by atoms with van der Waals surface area (Å²) in [5, 5.41) is 78.7. The Morgan fingerprint density at radius 2 is 1.61 bits per heavy atom. The molecule has 1 aliphatic heterocycles. The van der Waals surface area contributed by atoms with Gasteiger partial charge in [0.25, 0.3) is 0 Å². The summed E-state index contributed by atoms with van der Waals surface area (Å²) in [7, 11) is 0. The van der Waals surface area contributed by atoms with Crippen LogP contribution in [0.3, 0.4) is 0 Å². The first kappa shape index (κ1) is 22.6. The first-order valence-corrected chi connectivity index (χ1v) is 9.64. The van der Waals surface area contributed by atoms with Crippen molar-refractivity contribution in [2.45, 2.75) is 30.7 Å². The summed E-state index contributed by atoms with van der Waals surface area (Å²) in [5.74, 6) is -3.05. The number of phenolic OH excluding ortho intramolecular Hbond substituents is 4. The SMILES string of the molecule is O=c1c(OC2OC(CO)[C@@H](O)C(O)[C@@H]2O)c(-c2ccc(O)c(O)c2)oc2cc(O)cc(O)c12. The van der Waals surface area contributed by atoms with Crippen molar-refractivity contribution in [1.29, 1.82) is 0 Å². The van der Waals surface area contributed by atoms with Gasteiger partial charge in [-0.3, -0.25) is 4.79 Å². The Labute approximate surface area is 184 Å². The van der Waals surface area contributed by atoms with Gasteiger partial charge in [-0.2, -0.15) is 0 Å². The highest BCUT2D eigenvalue weighted by atomic mass is 16.7. The van der Waals surface area contributed by atoms with Crippen LogP contribution in [0.1, 0.15) is 0 Å². The third kappa shape index (κ3) is 3.90. The Morgan fingerprint density at radius 3 is 2.27 bits per heavy atom. The predicted octanol–water partition coefficient (Wildman–Crippen LogP) is -0.539. The second-order valence-electron chi connectivity index (χ2n) is 7.45. The summed E-state index contributed by atoms with van der Waals surface area (Å²) < 4.78 is 16.5. The zero-order chi connectivity index (χ0) is 24.0. The fourth-order valence-corrected chi connectivity index (χ4v) is 3.51. The Balaban J connectivity index is 1.91. The van der Waals surface area contributed by atoms with E-state index >= 15 is 0 Å². The van der Waals surface area contributed by atoms with Gasteiger partial charge in [-0.25, -0.2) is 0 Å². The van der Waals surface area contributed by atoms with E-state index in [1.165, 1.54) is 6.07 Å². The molecular formula is C21H20O12. The molecule has 1 aliphatic rings. The van der Waals surface area contributed by atoms with Crippen molar-refractivity contribution < 1.29 is 54.7 Å². The van der Waals surface area contributed by atoms with Crippen molar-refractivity contribution in [3.05, 3.63) is 40.6 Å². The molecule has 0 amide bonds. The molecule has 0 aliphatic carbocycles. The monoisotopic (exact) mass is 464 g/mol. The summed E-state index contributed by atoms with van der Waals surface area (Å²) in [4.78, 5) is 13.2. The third-order valence-electron chi connectivity index (χ3n) is 5.24. The highest BCUT2D eigenvalue weighted by Crippen LogP contribution is 2.39. The number of benzene rings is 2. The standard InChI is InChI=1S/C21H20O12/c22-6-13-15(27)17(29)18(30)21(32-13)33-20-16(28)14-11(26)4-8(23)5-12(14)31-19(20)7-1-2-9(24)10(25)3-7/h1-5,13,15,17-18,21-27,29-30H,6H2/t13?,15-,17?,18+,21?/m1/s1. The molecule has 0 saturated carbocycles. The Hall–Kier alpha value is -3.55. The van der Waals surface area contributed by atoms with Gasteiger partial charge in [-0.1, -0.05) is 0 Å². The van der Waals surface area contributed by atoms with Crippen molar-refractivity contribution in [3.8, 4) is 40.1 Å². The molecule has 1 aromatic heterocycles. The first-order chi connectivity index (χ1) is 15.6. The molecule has 4 rings (SSSR count). The van der Waals surface area contributed by atoms with Gasteiger partial charge >= 0.3 is 0 Å². The van der Waals surface area contributed by atoms with Crippen molar-refractivity contribution >= 4 is 11.0 Å². The van der Waals surface area contributed by atoms with Crippen LogP contribution in [-0.4, -0.2) is 78.2 Å². The maximum Gasteiger partial charge on any atom is 0.239 e. The van der Waals surface area contributed by atoms with Crippen molar-refractivity contribution in [3.63, 3.8) is 0 Å². The van der Waals surface area contributed by atoms with E-state index in [4.69, 9.17) is 13.9 Å². The van der Waals surface area contributed by atoms with Gasteiger partial charge in [-0.05, 0) is 18.2 Å². The Bertz CT molecular complexity index is 1250. The van der Waals surface area contributed by atoms with Crippen LogP contribution in [0, 0.1) is 0 Å². The molecule has 2 aromatic carbocycles. The third-order valence-corrected chi connectivity index (χ3v) is 5.24. The lowest BCUT2D eigenvalue weighted by Gasteiger charge is -2.39. The van der Waals surface area contributed by atoms with Crippen LogP contribution < -0.4 is 10.2 Å². The Kier molecular flexibility index (Phi) is 5.78. The first-order valence-electron chi connectivity index (χ1n) is 9.64. The molecule has 3 unspecified atom stereocenters. The number of fused-ring (bicyclic) bond motifs is 1. The fraction of sp³-hybridized carbons (Fsp3) is 0.286. The number of aliphatic hydroxyl groups is 4. The molecule has 1 fully saturated rings. The van der Waals surface area contributed by atoms with Gasteiger partial charge in [0.2, 0.25) is 17.5 Å². The highest BCUT2D eigenvalue weighted by Gasteiger charge is 2.45. The minimum absolute atomic E-state index is 0.0201. The van der Waals surface area contributed by atoms with Crippen LogP contribution in [0.25, 0.3) is 22.3 Å². The normalized spacial score (nSPS) is 25.3. The average molecular weight is 464 g/mol. The quantitative estimate of drug-likeness (QED) is 0.229. The number of ether oxygens (including phenoxy) is 2. The number of aromatic hydroxyl groups is 4. The van der Waals surface area contributed by atoms with Crippen LogP contribution in [0.15, 0.2) is 39.5 Å². The Morgan fingerprint density at radius 1 is 0.879 bits per heavy atom. The summed E-state index contributed by atoms with van der Waals surface area (Å²) in [5.41, 5.74) is -1.19. The molecule has 0 radical (unpaired) electrons. The summed E-state index contributed by atoms with van der Waals surface area (Å²) in [6.07, 6.45) is -8.40. The number of hydrogen-bond donors (Lipinski definition) is 8. The van der Waals surface area contributed by atoms with E-state index in [1.54, 1.807) is 0 Å². The van der Waals surface area contributed by atoms with E-state index in [1.807, 2.05) is 0 Å². The van der Waals surface area contributed by atoms with Crippen molar-refractivity contribution in [2.75, 3.05) is 6.61 Å². The molecule has 3 aromatic rings. The van der Waals surface area contributed by atoms with Gasteiger partial charge in [-0.15, -0.1) is 0 Å². The minimum atomic E-state index is -1.85. The van der Waals surface area contributed by atoms with E-state index in [0.29, 0.717) is 0 Å². The predicted molar refractivity (Wildman–Crippen MR) is 109 cm³/mol. The van der Waals surface area contributed by atoms with E-state index in [2.05, 4.69) is 0 Å². The summed E-state index contributed by atoms with van der Waals surface area (Å²) in [6, 6.07) is 5.36. The molecule has 33 heavy (non-hydrogen) atoms. The molecule has 176 valence electrons. The molecular weight excluding hydrogens is 444 g/mol. The van der Waals surface area contributed by atoms with Crippen LogP contribution in [0.2, 0.25) is 0 Å². The summed E-state index contributed by atoms with van der Waals surface area (Å²) in [6.45, 7) is -0.740. The number of rotatable bonds is 4. The van der Waals surface area contributed by atoms with Gasteiger partial charge in [0.1, 0.15) is 46.9 Å². The van der Waals surface area contributed by atoms with Crippen LogP contribution >= 0.6 is 0 Å². The molecule has 2 heterocycles. The number of phenols is 4. The lowest BCUT2D eigenvalue weighted by Crippen LogP contribution is -2.60. The van der Waals surface area contributed by atoms with E-state index < -0.39 is 71.5 Å². The largest absolute Gasteiger partial charge is 0.508 e. The van der Waals surface area contributed by atoms with Gasteiger partial charge < -0.3 is 54.7 Å². The lowest BCUT2D eigenvalue weighted by atomic mass is 9.99. The van der Waals surface area contributed by atoms with Gasteiger partial charge in [0.05, 0.1) is 6.61 Å². The van der Waals surface area contributed by atoms with Gasteiger partial charge in [0, 0.05) is 17.7 Å². The molecule has 0 spiro atoms. The molecule has 8 N–H and O–H groups in total. The zero-order valence-corrected chi connectivity index (χ0v) is 16.7.